The van der Waals surface area contributed by atoms with E-state index in [1.54, 1.807) is 36.4 Å². The number of benzene rings is 2. The fourth-order valence-corrected chi connectivity index (χ4v) is 4.56. The zero-order valence-electron chi connectivity index (χ0n) is 28.6. The number of carbonyl (C=O) groups is 2. The molecule has 0 fully saturated rings. The Labute approximate surface area is 297 Å². The van der Waals surface area contributed by atoms with E-state index in [1.165, 1.54) is 0 Å². The molecular weight excluding hydrogens is 667 g/mol. The van der Waals surface area contributed by atoms with Crippen LogP contribution in [0.4, 0.5) is 0 Å². The van der Waals surface area contributed by atoms with Crippen molar-refractivity contribution in [2.45, 2.75) is 27.7 Å². The Morgan fingerprint density at radius 1 is 0.542 bits per heavy atom. The molecule has 0 unspecified atom stereocenters. The highest BCUT2D eigenvalue weighted by atomic mass is 35.5. The summed E-state index contributed by atoms with van der Waals surface area (Å²) in [6, 6.07) is 9.94. The maximum Gasteiger partial charge on any atom is 0.338 e. The summed E-state index contributed by atoms with van der Waals surface area (Å²) in [6.45, 7) is 16.0. The minimum atomic E-state index is -0.422. The third kappa shape index (κ3) is 15.0. The fraction of sp³-hybridized carbons (Fsp3) is 0.588. The summed E-state index contributed by atoms with van der Waals surface area (Å²) in [5, 5.41) is 0. The van der Waals surface area contributed by atoms with E-state index in [1.807, 2.05) is 0 Å². The molecule has 0 spiro atoms. The number of rotatable bonds is 12. The van der Waals surface area contributed by atoms with Gasteiger partial charge in [-0.05, 0) is 62.6 Å². The van der Waals surface area contributed by atoms with Crippen LogP contribution in [0.1, 0.15) is 48.4 Å². The van der Waals surface area contributed by atoms with E-state index in [2.05, 4.69) is 37.5 Å². The number of ether oxygens (including phenoxy) is 8. The summed E-state index contributed by atoms with van der Waals surface area (Å²) >= 11 is 0. The Balaban J connectivity index is 0.00000576. The second kappa shape index (κ2) is 25.0. The van der Waals surface area contributed by atoms with Crippen LogP contribution in [0.25, 0.3) is 0 Å². The zero-order chi connectivity index (χ0) is 33.0. The van der Waals surface area contributed by atoms with Gasteiger partial charge in [-0.2, -0.15) is 0 Å². The van der Waals surface area contributed by atoms with Crippen LogP contribution in [0.2, 0.25) is 0 Å². The summed E-state index contributed by atoms with van der Waals surface area (Å²) in [5.41, 5.74) is 0.753. The van der Waals surface area contributed by atoms with Gasteiger partial charge in [0.2, 0.25) is 0 Å². The molecule has 0 saturated heterocycles. The van der Waals surface area contributed by atoms with Gasteiger partial charge < -0.3 is 47.7 Å². The highest BCUT2D eigenvalue weighted by Gasteiger charge is 2.16. The van der Waals surface area contributed by atoms with E-state index in [-0.39, 0.29) is 64.5 Å². The number of nitrogens with zero attached hydrogens (tertiary/aromatic N) is 2. The van der Waals surface area contributed by atoms with Crippen LogP contribution < -0.4 is 18.9 Å². The molecule has 0 amide bonds. The van der Waals surface area contributed by atoms with Gasteiger partial charge in [0.05, 0.1) is 37.6 Å². The van der Waals surface area contributed by atoms with Gasteiger partial charge in [0.25, 0.3) is 0 Å². The lowest BCUT2D eigenvalue weighted by Gasteiger charge is -2.18. The predicted molar refractivity (Wildman–Crippen MR) is 187 cm³/mol. The monoisotopic (exact) mass is 718 g/mol. The third-order valence-electron chi connectivity index (χ3n) is 7.37. The van der Waals surface area contributed by atoms with Gasteiger partial charge in [0.1, 0.15) is 39.6 Å². The average molecular weight is 720 g/mol. The van der Waals surface area contributed by atoms with Gasteiger partial charge in [-0.15, -0.1) is 24.8 Å². The molecular formula is C34H52Cl2N2O10. The molecule has 1 heterocycles. The van der Waals surface area contributed by atoms with Gasteiger partial charge in [0, 0.05) is 13.1 Å². The second-order valence-corrected chi connectivity index (χ2v) is 10.3. The van der Waals surface area contributed by atoms with Crippen LogP contribution in [0.15, 0.2) is 36.4 Å². The Morgan fingerprint density at radius 3 is 1.21 bits per heavy atom. The van der Waals surface area contributed by atoms with Gasteiger partial charge in [-0.1, -0.05) is 27.7 Å². The van der Waals surface area contributed by atoms with Crippen molar-refractivity contribution >= 4 is 36.8 Å². The summed E-state index contributed by atoms with van der Waals surface area (Å²) in [6.07, 6.45) is 0. The number of hydrogen-bond acceptors (Lipinski definition) is 12. The van der Waals surface area contributed by atoms with Crippen LogP contribution in [-0.4, -0.2) is 127 Å². The van der Waals surface area contributed by atoms with Crippen molar-refractivity contribution in [3.05, 3.63) is 47.5 Å². The number of esters is 2. The Hall–Kier alpha value is -3.00. The molecule has 0 saturated carbocycles. The molecule has 0 aromatic heterocycles. The van der Waals surface area contributed by atoms with Crippen molar-refractivity contribution in [2.24, 2.45) is 0 Å². The van der Waals surface area contributed by atoms with Gasteiger partial charge in [-0.3, -0.25) is 0 Å². The van der Waals surface area contributed by atoms with E-state index in [0.29, 0.717) is 73.6 Å². The number of hydrogen-bond donors (Lipinski definition) is 0. The Bertz CT molecular complexity index is 1110. The van der Waals surface area contributed by atoms with Crippen LogP contribution in [0, 0.1) is 0 Å². The minimum absolute atomic E-state index is 0. The standard InChI is InChI=1S/C34H50N2O10.2ClH/c1-5-35(6-2)13-15-45-33(37)27-9-11-29-31(25-27)43-23-19-39-18-22-42-30-12-10-28(34(38)46-16-14-36(7-3)8-4)26-32(30)44-24-20-40-17-21-41-29;;/h9-12,25-26H,5-8,13-24H2,1-4H3;2*1H. The summed E-state index contributed by atoms with van der Waals surface area (Å²) < 4.78 is 46.0. The van der Waals surface area contributed by atoms with Gasteiger partial charge >= 0.3 is 11.9 Å². The van der Waals surface area contributed by atoms with Crippen molar-refractivity contribution in [3.8, 4) is 23.0 Å². The lowest BCUT2D eigenvalue weighted by atomic mass is 10.2. The first-order chi connectivity index (χ1) is 22.5. The van der Waals surface area contributed by atoms with E-state index < -0.39 is 11.9 Å². The van der Waals surface area contributed by atoms with Crippen molar-refractivity contribution in [1.82, 2.24) is 9.80 Å². The molecule has 2 aromatic rings. The molecule has 14 heteroatoms. The van der Waals surface area contributed by atoms with E-state index in [0.717, 1.165) is 26.2 Å². The summed E-state index contributed by atoms with van der Waals surface area (Å²) in [7, 11) is 0. The van der Waals surface area contributed by atoms with Gasteiger partial charge in [-0.25, -0.2) is 9.59 Å². The van der Waals surface area contributed by atoms with Crippen LogP contribution in [-0.2, 0) is 18.9 Å². The number of halogens is 2. The molecule has 2 aromatic carbocycles. The van der Waals surface area contributed by atoms with E-state index in [4.69, 9.17) is 37.9 Å². The maximum absolute atomic E-state index is 12.7. The zero-order valence-corrected chi connectivity index (χ0v) is 30.2. The highest BCUT2D eigenvalue weighted by molar-refractivity contribution is 5.90. The highest BCUT2D eigenvalue weighted by Crippen LogP contribution is 2.30. The topological polar surface area (TPSA) is 114 Å². The lowest BCUT2D eigenvalue weighted by Crippen LogP contribution is -2.27. The number of fused-ring (bicyclic) bond motifs is 2. The Kier molecular flexibility index (Phi) is 22.4. The largest absolute Gasteiger partial charge is 0.487 e. The normalized spacial score (nSPS) is 14.1. The molecule has 48 heavy (non-hydrogen) atoms. The van der Waals surface area contributed by atoms with E-state index in [9.17, 15) is 9.59 Å². The first-order valence-corrected chi connectivity index (χ1v) is 16.2. The third-order valence-corrected chi connectivity index (χ3v) is 7.37. The summed E-state index contributed by atoms with van der Waals surface area (Å²) in [4.78, 5) is 29.7. The van der Waals surface area contributed by atoms with Crippen molar-refractivity contribution in [2.75, 3.05) is 105 Å². The summed E-state index contributed by atoms with van der Waals surface area (Å²) in [5.74, 6) is 0.949. The van der Waals surface area contributed by atoms with Crippen LogP contribution in [0.3, 0.4) is 0 Å². The van der Waals surface area contributed by atoms with Crippen molar-refractivity contribution < 1.29 is 47.5 Å². The Morgan fingerprint density at radius 2 is 0.875 bits per heavy atom. The predicted octanol–water partition coefficient (Wildman–Crippen LogP) is 4.79. The van der Waals surface area contributed by atoms with E-state index >= 15 is 0 Å². The van der Waals surface area contributed by atoms with Crippen LogP contribution in [0.5, 0.6) is 23.0 Å². The number of carbonyl (C=O) groups excluding carboxylic acids is 2. The molecule has 1 aliphatic rings. The van der Waals surface area contributed by atoms with Crippen molar-refractivity contribution in [3.63, 3.8) is 0 Å². The quantitative estimate of drug-likeness (QED) is 0.281. The molecule has 0 atom stereocenters. The molecule has 3 rings (SSSR count). The maximum atomic E-state index is 12.7. The van der Waals surface area contributed by atoms with Crippen LogP contribution >= 0.6 is 24.8 Å². The molecule has 0 aliphatic carbocycles. The van der Waals surface area contributed by atoms with Crippen molar-refractivity contribution in [1.29, 1.82) is 0 Å². The molecule has 0 bridgehead atoms. The second-order valence-electron chi connectivity index (χ2n) is 10.3. The molecule has 1 aliphatic heterocycles. The smallest absolute Gasteiger partial charge is 0.338 e. The average Bonchev–Trinajstić information content (AvgIpc) is 3.07. The minimum Gasteiger partial charge on any atom is -0.487 e. The first-order valence-electron chi connectivity index (χ1n) is 16.2. The lowest BCUT2D eigenvalue weighted by molar-refractivity contribution is 0.0455. The first kappa shape index (κ1) is 43.0. The SMILES string of the molecule is CCN(CC)CCOC(=O)c1ccc2c(c1)OCCOCCOc1ccc(C(=O)OCCN(CC)CC)cc1OCCOCCO2.Cl.Cl. The molecule has 0 radical (unpaired) electrons. The fourth-order valence-electron chi connectivity index (χ4n) is 4.56. The molecule has 0 N–H and O–H groups in total. The number of likely N-dealkylation sites (N-methyl/N-ethyl adjacent to an activating group) is 2. The molecule has 12 nitrogen and oxygen atoms in total. The molecule has 272 valence electrons. The van der Waals surface area contributed by atoms with Gasteiger partial charge in [0.15, 0.2) is 23.0 Å².